The minimum atomic E-state index is 0.972. The van der Waals surface area contributed by atoms with Crippen molar-refractivity contribution in [3.05, 3.63) is 206 Å². The number of rotatable bonds is 5. The highest BCUT2D eigenvalue weighted by Crippen LogP contribution is 2.44. The fourth-order valence-corrected chi connectivity index (χ4v) is 9.31. The quantitative estimate of drug-likeness (QED) is 0.174. The van der Waals surface area contributed by atoms with Gasteiger partial charge in [0.2, 0.25) is 0 Å². The summed E-state index contributed by atoms with van der Waals surface area (Å²) in [6.45, 7) is 0. The zero-order valence-electron chi connectivity index (χ0n) is 30.9. The van der Waals surface area contributed by atoms with Crippen LogP contribution in [0.25, 0.3) is 105 Å². The minimum absolute atomic E-state index is 0.972. The Kier molecular flexibility index (Phi) is 6.89. The molecule has 4 heteroatoms. The Morgan fingerprint density at radius 2 is 0.772 bits per heavy atom. The van der Waals surface area contributed by atoms with Crippen molar-refractivity contribution in [3.63, 3.8) is 0 Å². The van der Waals surface area contributed by atoms with Gasteiger partial charge in [0.1, 0.15) is 0 Å². The van der Waals surface area contributed by atoms with Crippen molar-refractivity contribution in [2.75, 3.05) is 0 Å². The van der Waals surface area contributed by atoms with Crippen molar-refractivity contribution in [3.8, 4) is 39.4 Å². The fraction of sp³-hybridized carbons (Fsp3) is 0. The second-order valence-corrected chi connectivity index (χ2v) is 14.8. The molecule has 0 spiro atoms. The van der Waals surface area contributed by atoms with Crippen molar-refractivity contribution < 1.29 is 0 Å². The Hall–Kier alpha value is -7.69. The van der Waals surface area contributed by atoms with E-state index in [4.69, 9.17) is 0 Å². The third-order valence-corrected chi connectivity index (χ3v) is 11.7. The zero-order chi connectivity index (χ0) is 37.5. The largest absolute Gasteiger partial charge is 0.309 e. The van der Waals surface area contributed by atoms with Crippen LogP contribution in [0.5, 0.6) is 0 Å². The van der Waals surface area contributed by atoms with Gasteiger partial charge in [-0.25, -0.2) is 0 Å². The van der Waals surface area contributed by atoms with Crippen LogP contribution in [0, 0.1) is 0 Å². The number of nitrogens with zero attached hydrogens (tertiary/aromatic N) is 4. The molecule has 0 atom stereocenters. The topological polar surface area (TPSA) is 27.7 Å². The van der Waals surface area contributed by atoms with Crippen molar-refractivity contribution >= 4 is 65.4 Å². The highest BCUT2D eigenvalue weighted by Gasteiger charge is 2.21. The Morgan fingerprint density at radius 1 is 0.298 bits per heavy atom. The number of hydrogen-bond donors (Lipinski definition) is 0. The molecule has 4 nitrogen and oxygen atoms in total. The SMILES string of the molecule is c1ccc(-n2c3ccccc3c3cc(-n4c5ccccc5c5c(-c6cccc7c6c6ccccc6n7-c6ccc(-c7ccccn7)cc6)cccc54)ccc32)cc1. The first-order valence-corrected chi connectivity index (χ1v) is 19.5. The summed E-state index contributed by atoms with van der Waals surface area (Å²) in [5.74, 6) is 0. The van der Waals surface area contributed by atoms with E-state index in [0.717, 1.165) is 28.3 Å². The van der Waals surface area contributed by atoms with Gasteiger partial charge in [-0.2, -0.15) is 0 Å². The zero-order valence-corrected chi connectivity index (χ0v) is 30.9. The van der Waals surface area contributed by atoms with Gasteiger partial charge >= 0.3 is 0 Å². The molecule has 8 aromatic carbocycles. The van der Waals surface area contributed by atoms with Crippen molar-refractivity contribution in [2.24, 2.45) is 0 Å². The molecule has 57 heavy (non-hydrogen) atoms. The maximum Gasteiger partial charge on any atom is 0.0701 e. The van der Waals surface area contributed by atoms with Crippen LogP contribution in [0.4, 0.5) is 0 Å². The van der Waals surface area contributed by atoms with E-state index >= 15 is 0 Å². The van der Waals surface area contributed by atoms with Gasteiger partial charge in [-0.15, -0.1) is 0 Å². The average molecular weight is 727 g/mol. The maximum absolute atomic E-state index is 4.58. The highest BCUT2D eigenvalue weighted by molar-refractivity contribution is 6.22. The summed E-state index contributed by atoms with van der Waals surface area (Å²) in [6.07, 6.45) is 1.85. The van der Waals surface area contributed by atoms with Gasteiger partial charge in [-0.05, 0) is 96.1 Å². The molecule has 0 radical (unpaired) electrons. The molecule has 12 aromatic rings. The van der Waals surface area contributed by atoms with Gasteiger partial charge in [0, 0.05) is 61.1 Å². The third kappa shape index (κ3) is 4.71. The maximum atomic E-state index is 4.58. The summed E-state index contributed by atoms with van der Waals surface area (Å²) in [7, 11) is 0. The number of para-hydroxylation sites is 4. The van der Waals surface area contributed by atoms with Crippen molar-refractivity contribution in [1.82, 2.24) is 18.7 Å². The van der Waals surface area contributed by atoms with E-state index in [-0.39, 0.29) is 0 Å². The second-order valence-electron chi connectivity index (χ2n) is 14.8. The van der Waals surface area contributed by atoms with Gasteiger partial charge in [0.05, 0.1) is 38.8 Å². The molecule has 0 aliphatic carbocycles. The lowest BCUT2D eigenvalue weighted by atomic mass is 9.95. The van der Waals surface area contributed by atoms with Gasteiger partial charge in [-0.3, -0.25) is 4.98 Å². The molecule has 0 unspecified atom stereocenters. The lowest BCUT2D eigenvalue weighted by Crippen LogP contribution is -1.95. The number of pyridine rings is 1. The fourth-order valence-electron chi connectivity index (χ4n) is 9.31. The minimum Gasteiger partial charge on any atom is -0.309 e. The predicted octanol–water partition coefficient (Wildman–Crippen LogP) is 13.7. The van der Waals surface area contributed by atoms with E-state index < -0.39 is 0 Å². The molecule has 0 aliphatic rings. The smallest absolute Gasteiger partial charge is 0.0701 e. The monoisotopic (exact) mass is 726 g/mol. The molecule has 0 saturated heterocycles. The third-order valence-electron chi connectivity index (χ3n) is 11.7. The molecule has 0 fully saturated rings. The summed E-state index contributed by atoms with van der Waals surface area (Å²) < 4.78 is 7.24. The van der Waals surface area contributed by atoms with Crippen LogP contribution >= 0.6 is 0 Å². The van der Waals surface area contributed by atoms with Crippen molar-refractivity contribution in [1.29, 1.82) is 0 Å². The number of hydrogen-bond acceptors (Lipinski definition) is 1. The van der Waals surface area contributed by atoms with E-state index in [0.29, 0.717) is 0 Å². The van der Waals surface area contributed by atoms with E-state index in [2.05, 4.69) is 207 Å². The Morgan fingerprint density at radius 3 is 1.40 bits per heavy atom. The molecule has 0 N–H and O–H groups in total. The van der Waals surface area contributed by atoms with E-state index in [1.807, 2.05) is 18.3 Å². The van der Waals surface area contributed by atoms with Gasteiger partial charge in [0.25, 0.3) is 0 Å². The van der Waals surface area contributed by atoms with Crippen LogP contribution in [0.2, 0.25) is 0 Å². The Labute approximate surface area is 328 Å². The molecule has 4 heterocycles. The first-order valence-electron chi connectivity index (χ1n) is 19.5. The first kappa shape index (κ1) is 31.6. The average Bonchev–Trinajstić information content (AvgIpc) is 3.93. The van der Waals surface area contributed by atoms with E-state index in [1.165, 1.54) is 76.5 Å². The van der Waals surface area contributed by atoms with Crippen LogP contribution in [0.3, 0.4) is 0 Å². The van der Waals surface area contributed by atoms with E-state index in [1.54, 1.807) is 0 Å². The molecule has 0 saturated carbocycles. The molecular weight excluding hydrogens is 693 g/mol. The lowest BCUT2D eigenvalue weighted by Gasteiger charge is -2.12. The number of fused-ring (bicyclic) bond motifs is 9. The molecule has 266 valence electrons. The van der Waals surface area contributed by atoms with Gasteiger partial charge in [-0.1, -0.05) is 115 Å². The second kappa shape index (κ2) is 12.4. The van der Waals surface area contributed by atoms with Crippen LogP contribution < -0.4 is 0 Å². The summed E-state index contributed by atoms with van der Waals surface area (Å²) in [6, 6.07) is 72.5. The molecule has 0 amide bonds. The predicted molar refractivity (Wildman–Crippen MR) is 238 cm³/mol. The first-order chi connectivity index (χ1) is 28.3. The standard InChI is InChI=1S/C53H34N4/c1-2-14-36(15-3-1)55-46-22-7-4-16-39(46)44-34-38(31-32-49(44)55)57-48-24-9-6-18-43(48)53-41(20-13-26-51(53)57)40-19-12-25-50-52(40)42-17-5-8-23-47(42)56(50)37-29-27-35(28-30-37)45-21-10-11-33-54-45/h1-34H. The van der Waals surface area contributed by atoms with Gasteiger partial charge < -0.3 is 13.7 Å². The summed E-state index contributed by atoms with van der Waals surface area (Å²) in [4.78, 5) is 4.58. The highest BCUT2D eigenvalue weighted by atomic mass is 15.0. The summed E-state index contributed by atoms with van der Waals surface area (Å²) in [5.41, 5.74) is 15.1. The normalized spacial score (nSPS) is 11.9. The molecule has 12 rings (SSSR count). The van der Waals surface area contributed by atoms with Gasteiger partial charge in [0.15, 0.2) is 0 Å². The molecular formula is C53H34N4. The van der Waals surface area contributed by atoms with Crippen LogP contribution in [-0.2, 0) is 0 Å². The van der Waals surface area contributed by atoms with E-state index in [9.17, 15) is 0 Å². The molecule has 0 bridgehead atoms. The number of aromatic nitrogens is 4. The lowest BCUT2D eigenvalue weighted by molar-refractivity contribution is 1.17. The van der Waals surface area contributed by atoms with Crippen LogP contribution in [0.1, 0.15) is 0 Å². The Balaban J connectivity index is 1.09. The summed E-state index contributed by atoms with van der Waals surface area (Å²) >= 11 is 0. The van der Waals surface area contributed by atoms with Crippen LogP contribution in [-0.4, -0.2) is 18.7 Å². The number of benzene rings is 8. The summed E-state index contributed by atoms with van der Waals surface area (Å²) in [5, 5.41) is 7.46. The molecule has 4 aromatic heterocycles. The van der Waals surface area contributed by atoms with Crippen molar-refractivity contribution in [2.45, 2.75) is 0 Å². The van der Waals surface area contributed by atoms with Crippen LogP contribution in [0.15, 0.2) is 206 Å². The Bertz CT molecular complexity index is 3500. The molecule has 0 aliphatic heterocycles.